The van der Waals surface area contributed by atoms with Crippen LogP contribution in [0.1, 0.15) is 33.1 Å². The van der Waals surface area contributed by atoms with E-state index in [1.807, 2.05) is 0 Å². The SMILES string of the molecule is CCCCCNC(=O)C(C)=O. The summed E-state index contributed by atoms with van der Waals surface area (Å²) in [5.41, 5.74) is 0. The summed E-state index contributed by atoms with van der Waals surface area (Å²) in [7, 11) is 0. The lowest BCUT2D eigenvalue weighted by molar-refractivity contribution is -0.136. The van der Waals surface area contributed by atoms with Crippen molar-refractivity contribution in [1.29, 1.82) is 0 Å². The summed E-state index contributed by atoms with van der Waals surface area (Å²) in [5.74, 6) is -0.886. The van der Waals surface area contributed by atoms with Crippen LogP contribution in [0.4, 0.5) is 0 Å². The Morgan fingerprint density at radius 1 is 1.27 bits per heavy atom. The normalized spacial score (nSPS) is 9.27. The monoisotopic (exact) mass is 157 g/mol. The van der Waals surface area contributed by atoms with Gasteiger partial charge >= 0.3 is 0 Å². The van der Waals surface area contributed by atoms with Crippen molar-refractivity contribution in [3.8, 4) is 0 Å². The maximum Gasteiger partial charge on any atom is 0.287 e. The summed E-state index contributed by atoms with van der Waals surface area (Å²) in [6.07, 6.45) is 3.17. The Bertz CT molecular complexity index is 143. The summed E-state index contributed by atoms with van der Waals surface area (Å²) in [5, 5.41) is 2.53. The summed E-state index contributed by atoms with van der Waals surface area (Å²) in [6, 6.07) is 0. The number of hydrogen-bond donors (Lipinski definition) is 1. The highest BCUT2D eigenvalue weighted by molar-refractivity contribution is 6.35. The van der Waals surface area contributed by atoms with Crippen LogP contribution in [0.25, 0.3) is 0 Å². The molecule has 11 heavy (non-hydrogen) atoms. The molecule has 0 atom stereocenters. The molecule has 3 heteroatoms. The van der Waals surface area contributed by atoms with Crippen molar-refractivity contribution < 1.29 is 9.59 Å². The van der Waals surface area contributed by atoms with E-state index in [-0.39, 0.29) is 0 Å². The third-order valence-electron chi connectivity index (χ3n) is 1.39. The van der Waals surface area contributed by atoms with Gasteiger partial charge in [0.25, 0.3) is 5.91 Å². The zero-order chi connectivity index (χ0) is 8.69. The molecule has 0 unspecified atom stereocenters. The van der Waals surface area contributed by atoms with Crippen molar-refractivity contribution >= 4 is 11.7 Å². The lowest BCUT2D eigenvalue weighted by Crippen LogP contribution is -2.29. The fourth-order valence-corrected chi connectivity index (χ4v) is 0.701. The van der Waals surface area contributed by atoms with E-state index in [0.29, 0.717) is 6.54 Å². The van der Waals surface area contributed by atoms with Crippen LogP contribution in [0.5, 0.6) is 0 Å². The number of Topliss-reactive ketones (excluding diaryl/α,β-unsaturated/α-hetero) is 1. The number of carbonyl (C=O) groups excluding carboxylic acids is 2. The molecule has 0 radical (unpaired) electrons. The molecule has 0 aliphatic carbocycles. The van der Waals surface area contributed by atoms with Gasteiger partial charge in [-0.3, -0.25) is 9.59 Å². The van der Waals surface area contributed by atoms with Crippen LogP contribution in [0.15, 0.2) is 0 Å². The van der Waals surface area contributed by atoms with Crippen molar-refractivity contribution in [2.45, 2.75) is 33.1 Å². The van der Waals surface area contributed by atoms with Crippen LogP contribution in [-0.2, 0) is 9.59 Å². The number of unbranched alkanes of at least 4 members (excludes halogenated alkanes) is 2. The molecule has 0 aromatic heterocycles. The van der Waals surface area contributed by atoms with E-state index in [2.05, 4.69) is 12.2 Å². The summed E-state index contributed by atoms with van der Waals surface area (Å²) < 4.78 is 0. The van der Waals surface area contributed by atoms with Crippen LogP contribution < -0.4 is 5.32 Å². The third-order valence-corrected chi connectivity index (χ3v) is 1.39. The number of ketones is 1. The summed E-state index contributed by atoms with van der Waals surface area (Å²) in [4.78, 5) is 21.0. The van der Waals surface area contributed by atoms with Crippen LogP contribution in [0.3, 0.4) is 0 Å². The Labute approximate surface area is 67.2 Å². The molecule has 0 bridgehead atoms. The predicted octanol–water partition coefficient (Wildman–Crippen LogP) is 0.882. The Balaban J connectivity index is 3.25. The predicted molar refractivity (Wildman–Crippen MR) is 43.2 cm³/mol. The van der Waals surface area contributed by atoms with E-state index in [1.54, 1.807) is 0 Å². The van der Waals surface area contributed by atoms with Crippen molar-refractivity contribution in [3.63, 3.8) is 0 Å². The van der Waals surface area contributed by atoms with Gasteiger partial charge in [0.05, 0.1) is 0 Å². The first-order chi connectivity index (χ1) is 5.18. The van der Waals surface area contributed by atoms with E-state index in [1.165, 1.54) is 6.92 Å². The molecule has 1 N–H and O–H groups in total. The average Bonchev–Trinajstić information content (AvgIpc) is 1.97. The highest BCUT2D eigenvalue weighted by Gasteiger charge is 2.04. The number of hydrogen-bond acceptors (Lipinski definition) is 2. The highest BCUT2D eigenvalue weighted by Crippen LogP contribution is 1.90. The molecule has 0 saturated carbocycles. The third kappa shape index (κ3) is 5.58. The summed E-state index contributed by atoms with van der Waals surface area (Å²) in [6.45, 7) is 3.98. The van der Waals surface area contributed by atoms with E-state index < -0.39 is 11.7 Å². The van der Waals surface area contributed by atoms with Crippen molar-refractivity contribution in [3.05, 3.63) is 0 Å². The van der Waals surface area contributed by atoms with Crippen LogP contribution in [0.2, 0.25) is 0 Å². The van der Waals surface area contributed by atoms with E-state index >= 15 is 0 Å². The molecule has 0 aromatic rings. The first kappa shape index (κ1) is 10.1. The second kappa shape index (κ2) is 5.89. The minimum atomic E-state index is -0.471. The van der Waals surface area contributed by atoms with E-state index in [0.717, 1.165) is 19.3 Å². The van der Waals surface area contributed by atoms with Crippen molar-refractivity contribution in [2.24, 2.45) is 0 Å². The standard InChI is InChI=1S/C8H15NO2/c1-3-4-5-6-9-8(11)7(2)10/h3-6H2,1-2H3,(H,9,11). The Kier molecular flexibility index (Phi) is 5.43. The molecular weight excluding hydrogens is 142 g/mol. The van der Waals surface area contributed by atoms with Gasteiger partial charge in [-0.15, -0.1) is 0 Å². The van der Waals surface area contributed by atoms with E-state index in [4.69, 9.17) is 0 Å². The van der Waals surface area contributed by atoms with Gasteiger partial charge in [0, 0.05) is 13.5 Å². The van der Waals surface area contributed by atoms with Gasteiger partial charge in [0.2, 0.25) is 5.78 Å². The second-order valence-electron chi connectivity index (χ2n) is 2.52. The first-order valence-corrected chi connectivity index (χ1v) is 3.97. The molecule has 3 nitrogen and oxygen atoms in total. The number of amides is 1. The molecule has 0 aliphatic heterocycles. The summed E-state index contributed by atoms with van der Waals surface area (Å²) >= 11 is 0. The molecule has 0 heterocycles. The van der Waals surface area contributed by atoms with Crippen LogP contribution >= 0.6 is 0 Å². The molecule has 0 spiro atoms. The molecule has 0 fully saturated rings. The van der Waals surface area contributed by atoms with Crippen LogP contribution in [0, 0.1) is 0 Å². The van der Waals surface area contributed by atoms with Crippen LogP contribution in [-0.4, -0.2) is 18.2 Å². The largest absolute Gasteiger partial charge is 0.350 e. The maximum atomic E-state index is 10.6. The van der Waals surface area contributed by atoms with Gasteiger partial charge in [-0.2, -0.15) is 0 Å². The Morgan fingerprint density at radius 2 is 1.91 bits per heavy atom. The minimum Gasteiger partial charge on any atom is -0.350 e. The smallest absolute Gasteiger partial charge is 0.287 e. The van der Waals surface area contributed by atoms with E-state index in [9.17, 15) is 9.59 Å². The average molecular weight is 157 g/mol. The van der Waals surface area contributed by atoms with Gasteiger partial charge < -0.3 is 5.32 Å². The quantitative estimate of drug-likeness (QED) is 0.475. The molecule has 0 rings (SSSR count). The Morgan fingerprint density at radius 3 is 2.36 bits per heavy atom. The number of rotatable bonds is 5. The lowest BCUT2D eigenvalue weighted by Gasteiger charge is -2.00. The van der Waals surface area contributed by atoms with Gasteiger partial charge in [0.15, 0.2) is 0 Å². The van der Waals surface area contributed by atoms with Gasteiger partial charge in [-0.25, -0.2) is 0 Å². The topological polar surface area (TPSA) is 46.2 Å². The van der Waals surface area contributed by atoms with Crippen molar-refractivity contribution in [1.82, 2.24) is 5.32 Å². The fourth-order valence-electron chi connectivity index (χ4n) is 0.701. The molecule has 0 aromatic carbocycles. The molecular formula is C8H15NO2. The van der Waals surface area contributed by atoms with Gasteiger partial charge in [-0.1, -0.05) is 19.8 Å². The van der Waals surface area contributed by atoms with Crippen molar-refractivity contribution in [2.75, 3.05) is 6.54 Å². The molecule has 1 amide bonds. The first-order valence-electron chi connectivity index (χ1n) is 3.97. The number of nitrogens with one attached hydrogen (secondary N) is 1. The molecule has 0 aliphatic rings. The fraction of sp³-hybridized carbons (Fsp3) is 0.750. The van der Waals surface area contributed by atoms with Gasteiger partial charge in [0.1, 0.15) is 0 Å². The zero-order valence-corrected chi connectivity index (χ0v) is 7.14. The lowest BCUT2D eigenvalue weighted by atomic mass is 10.2. The second-order valence-corrected chi connectivity index (χ2v) is 2.52. The molecule has 64 valence electrons. The zero-order valence-electron chi connectivity index (χ0n) is 7.14. The van der Waals surface area contributed by atoms with Gasteiger partial charge in [-0.05, 0) is 6.42 Å². The molecule has 0 saturated heterocycles. The maximum absolute atomic E-state index is 10.6. The Hall–Kier alpha value is -0.860. The highest BCUT2D eigenvalue weighted by atomic mass is 16.2. The minimum absolute atomic E-state index is 0.415. The number of carbonyl (C=O) groups is 2.